The van der Waals surface area contributed by atoms with E-state index in [-0.39, 0.29) is 0 Å². The number of unbranched alkanes of at least 4 members (excludes halogenated alkanes) is 2. The average molecular weight is 259 g/mol. The van der Waals surface area contributed by atoms with Crippen molar-refractivity contribution in [3.05, 3.63) is 0 Å². The standard InChI is InChI=1S/C16H34S/c1-5-9-11-15(7-3)13-17-14-16(8-4)12-10-6-2/h15-16H,5-14H2,1-4H3/t15-,16-/m0/s1. The fourth-order valence-corrected chi connectivity index (χ4v) is 3.81. The van der Waals surface area contributed by atoms with Gasteiger partial charge in [0.1, 0.15) is 0 Å². The lowest BCUT2D eigenvalue weighted by Gasteiger charge is -2.17. The van der Waals surface area contributed by atoms with Crippen LogP contribution in [0.4, 0.5) is 0 Å². The quantitative estimate of drug-likeness (QED) is 0.404. The van der Waals surface area contributed by atoms with Crippen molar-refractivity contribution in [3.63, 3.8) is 0 Å². The molecule has 0 fully saturated rings. The molecule has 1 heteroatoms. The third-order valence-corrected chi connectivity index (χ3v) is 5.21. The topological polar surface area (TPSA) is 0 Å². The molecule has 0 rings (SSSR count). The van der Waals surface area contributed by atoms with Crippen molar-refractivity contribution in [2.75, 3.05) is 11.5 Å². The first-order valence-electron chi connectivity index (χ1n) is 7.86. The Morgan fingerprint density at radius 3 is 1.41 bits per heavy atom. The number of hydrogen-bond acceptors (Lipinski definition) is 1. The van der Waals surface area contributed by atoms with Gasteiger partial charge in [-0.1, -0.05) is 66.2 Å². The summed E-state index contributed by atoms with van der Waals surface area (Å²) in [6.07, 6.45) is 11.2. The molecule has 104 valence electrons. The van der Waals surface area contributed by atoms with Crippen LogP contribution in [0.5, 0.6) is 0 Å². The van der Waals surface area contributed by atoms with Crippen LogP contribution in [0.3, 0.4) is 0 Å². The highest BCUT2D eigenvalue weighted by atomic mass is 32.2. The highest BCUT2D eigenvalue weighted by Gasteiger charge is 2.09. The second-order valence-corrected chi connectivity index (χ2v) is 6.45. The minimum Gasteiger partial charge on any atom is -0.161 e. The van der Waals surface area contributed by atoms with Gasteiger partial charge in [-0.25, -0.2) is 0 Å². The molecule has 0 spiro atoms. The molecular formula is C16H34S. The predicted molar refractivity (Wildman–Crippen MR) is 83.9 cm³/mol. The first-order valence-corrected chi connectivity index (χ1v) is 9.01. The van der Waals surface area contributed by atoms with Crippen molar-refractivity contribution < 1.29 is 0 Å². The van der Waals surface area contributed by atoms with Crippen LogP contribution in [-0.2, 0) is 0 Å². The van der Waals surface area contributed by atoms with E-state index in [1.807, 2.05) is 0 Å². The second kappa shape index (κ2) is 12.8. The molecule has 0 amide bonds. The summed E-state index contributed by atoms with van der Waals surface area (Å²) >= 11 is 2.22. The van der Waals surface area contributed by atoms with E-state index in [4.69, 9.17) is 0 Å². The van der Waals surface area contributed by atoms with Gasteiger partial charge >= 0.3 is 0 Å². The summed E-state index contributed by atoms with van der Waals surface area (Å²) in [7, 11) is 0. The minimum absolute atomic E-state index is 0.976. The van der Waals surface area contributed by atoms with E-state index < -0.39 is 0 Å². The maximum absolute atomic E-state index is 2.36. The van der Waals surface area contributed by atoms with Gasteiger partial charge < -0.3 is 0 Å². The Balaban J connectivity index is 3.61. The van der Waals surface area contributed by atoms with Gasteiger partial charge in [-0.05, 0) is 36.2 Å². The van der Waals surface area contributed by atoms with Crippen molar-refractivity contribution in [3.8, 4) is 0 Å². The van der Waals surface area contributed by atoms with Gasteiger partial charge in [0.2, 0.25) is 0 Å². The van der Waals surface area contributed by atoms with Crippen LogP contribution in [0, 0.1) is 11.8 Å². The lowest BCUT2D eigenvalue weighted by atomic mass is 10.0. The molecule has 0 aliphatic heterocycles. The van der Waals surface area contributed by atoms with Gasteiger partial charge in [0.15, 0.2) is 0 Å². The highest BCUT2D eigenvalue weighted by molar-refractivity contribution is 7.99. The third-order valence-electron chi connectivity index (χ3n) is 3.79. The van der Waals surface area contributed by atoms with E-state index in [1.165, 1.54) is 62.9 Å². The number of rotatable bonds is 12. The summed E-state index contributed by atoms with van der Waals surface area (Å²) in [5.41, 5.74) is 0. The maximum atomic E-state index is 2.36. The Hall–Kier alpha value is 0.350. The van der Waals surface area contributed by atoms with E-state index in [0.717, 1.165) is 11.8 Å². The molecule has 0 nitrogen and oxygen atoms in total. The number of hydrogen-bond donors (Lipinski definition) is 0. The molecule has 0 aliphatic rings. The van der Waals surface area contributed by atoms with Gasteiger partial charge in [-0.15, -0.1) is 0 Å². The molecule has 0 saturated heterocycles. The van der Waals surface area contributed by atoms with E-state index in [2.05, 4.69) is 39.5 Å². The van der Waals surface area contributed by atoms with Gasteiger partial charge in [-0.2, -0.15) is 11.8 Å². The Labute approximate surface area is 114 Å². The summed E-state index contributed by atoms with van der Waals surface area (Å²) in [4.78, 5) is 0. The fraction of sp³-hybridized carbons (Fsp3) is 1.00. The zero-order valence-electron chi connectivity index (χ0n) is 12.6. The Bertz CT molecular complexity index is 128. The zero-order valence-corrected chi connectivity index (χ0v) is 13.5. The molecule has 0 bridgehead atoms. The molecule has 0 saturated carbocycles. The SMILES string of the molecule is CCCC[C@H](CC)CSC[C@@H](CC)CCCC. The largest absolute Gasteiger partial charge is 0.161 e. The van der Waals surface area contributed by atoms with Crippen molar-refractivity contribution in [1.82, 2.24) is 0 Å². The van der Waals surface area contributed by atoms with Crippen LogP contribution in [0.15, 0.2) is 0 Å². The first kappa shape index (κ1) is 17.4. The lowest BCUT2D eigenvalue weighted by molar-refractivity contribution is 0.489. The van der Waals surface area contributed by atoms with E-state index in [1.54, 1.807) is 0 Å². The third kappa shape index (κ3) is 10.00. The summed E-state index contributed by atoms with van der Waals surface area (Å²) < 4.78 is 0. The van der Waals surface area contributed by atoms with Crippen molar-refractivity contribution in [2.45, 2.75) is 79.1 Å². The summed E-state index contributed by atoms with van der Waals surface area (Å²) in [5, 5.41) is 0. The van der Waals surface area contributed by atoms with Crippen LogP contribution >= 0.6 is 11.8 Å². The Kier molecular flexibility index (Phi) is 13.1. The lowest BCUT2D eigenvalue weighted by Crippen LogP contribution is -2.07. The molecule has 0 heterocycles. The Morgan fingerprint density at radius 1 is 0.706 bits per heavy atom. The van der Waals surface area contributed by atoms with Crippen molar-refractivity contribution >= 4 is 11.8 Å². The zero-order chi connectivity index (χ0) is 12.9. The van der Waals surface area contributed by atoms with E-state index in [0.29, 0.717) is 0 Å². The minimum atomic E-state index is 0.976. The second-order valence-electron chi connectivity index (χ2n) is 5.37. The molecule has 0 aromatic rings. The predicted octanol–water partition coefficient (Wildman–Crippen LogP) is 6.15. The maximum Gasteiger partial charge on any atom is -0.00391 e. The molecule has 0 unspecified atom stereocenters. The van der Waals surface area contributed by atoms with Crippen molar-refractivity contribution in [1.29, 1.82) is 0 Å². The highest BCUT2D eigenvalue weighted by Crippen LogP contribution is 2.23. The van der Waals surface area contributed by atoms with Crippen LogP contribution in [0.2, 0.25) is 0 Å². The molecule has 0 aliphatic carbocycles. The van der Waals surface area contributed by atoms with Crippen LogP contribution < -0.4 is 0 Å². The molecule has 0 radical (unpaired) electrons. The summed E-state index contributed by atoms with van der Waals surface area (Å²) in [5.74, 6) is 4.75. The van der Waals surface area contributed by atoms with E-state index >= 15 is 0 Å². The monoisotopic (exact) mass is 258 g/mol. The van der Waals surface area contributed by atoms with Crippen LogP contribution in [-0.4, -0.2) is 11.5 Å². The smallest absolute Gasteiger partial charge is 0.00391 e. The number of thioether (sulfide) groups is 1. The fourth-order valence-electron chi connectivity index (χ4n) is 2.20. The van der Waals surface area contributed by atoms with Crippen LogP contribution in [0.25, 0.3) is 0 Å². The first-order chi connectivity index (χ1) is 8.28. The molecule has 0 aromatic carbocycles. The molecule has 0 aromatic heterocycles. The van der Waals surface area contributed by atoms with Gasteiger partial charge in [0.05, 0.1) is 0 Å². The van der Waals surface area contributed by atoms with Gasteiger partial charge in [0, 0.05) is 0 Å². The van der Waals surface area contributed by atoms with Gasteiger partial charge in [0.25, 0.3) is 0 Å². The molecular weight excluding hydrogens is 224 g/mol. The summed E-state index contributed by atoms with van der Waals surface area (Å²) in [6, 6.07) is 0. The molecule has 17 heavy (non-hydrogen) atoms. The average Bonchev–Trinajstić information content (AvgIpc) is 2.37. The van der Waals surface area contributed by atoms with Gasteiger partial charge in [-0.3, -0.25) is 0 Å². The molecule has 0 N–H and O–H groups in total. The summed E-state index contributed by atoms with van der Waals surface area (Å²) in [6.45, 7) is 9.32. The molecule has 2 atom stereocenters. The van der Waals surface area contributed by atoms with Crippen molar-refractivity contribution in [2.24, 2.45) is 11.8 Å². The van der Waals surface area contributed by atoms with E-state index in [9.17, 15) is 0 Å². The normalized spacial score (nSPS) is 14.8. The Morgan fingerprint density at radius 2 is 1.12 bits per heavy atom. The van der Waals surface area contributed by atoms with Crippen LogP contribution in [0.1, 0.15) is 79.1 Å².